The second-order valence-electron chi connectivity index (χ2n) is 3.15. The number of halogens is 1. The monoisotopic (exact) mass is 255 g/mol. The minimum Gasteiger partial charge on any atom is -0.465 e. The molecule has 0 bridgehead atoms. The quantitative estimate of drug-likeness (QED) is 0.463. The first-order valence-electron chi connectivity index (χ1n) is 4.64. The van der Waals surface area contributed by atoms with Gasteiger partial charge in [0.15, 0.2) is 0 Å². The van der Waals surface area contributed by atoms with Crippen molar-refractivity contribution >= 4 is 34.4 Å². The van der Waals surface area contributed by atoms with Crippen LogP contribution in [0, 0.1) is 0 Å². The van der Waals surface area contributed by atoms with Gasteiger partial charge in [0.05, 0.1) is 18.4 Å². The fourth-order valence-electron chi connectivity index (χ4n) is 1.29. The fraction of sp³-hybridized carbons (Fsp3) is 0.182. The van der Waals surface area contributed by atoms with Crippen molar-refractivity contribution < 1.29 is 19.1 Å². The largest absolute Gasteiger partial charge is 0.465 e. The molecule has 1 aromatic carbocycles. The van der Waals surface area contributed by atoms with Crippen molar-refractivity contribution in [3.8, 4) is 0 Å². The van der Waals surface area contributed by atoms with Crippen molar-refractivity contribution in [1.29, 1.82) is 0 Å². The number of carbonyl (C=O) groups is 3. The van der Waals surface area contributed by atoms with Crippen molar-refractivity contribution in [2.24, 2.45) is 0 Å². The van der Waals surface area contributed by atoms with E-state index in [9.17, 15) is 14.4 Å². The molecule has 90 valence electrons. The van der Waals surface area contributed by atoms with Crippen LogP contribution in [-0.2, 0) is 14.3 Å². The normalized spacial score (nSPS) is 9.59. The second kappa shape index (κ2) is 5.45. The molecule has 6 heteroatoms. The van der Waals surface area contributed by atoms with Gasteiger partial charge in [-0.3, -0.25) is 9.59 Å². The van der Waals surface area contributed by atoms with Gasteiger partial charge in [0, 0.05) is 7.05 Å². The fourth-order valence-corrected chi connectivity index (χ4v) is 1.42. The number of carbonyl (C=O) groups excluding carboxylic acids is 3. The molecule has 1 amide bonds. The van der Waals surface area contributed by atoms with Gasteiger partial charge < -0.3 is 9.64 Å². The maximum absolute atomic E-state index is 11.5. The lowest BCUT2D eigenvalue weighted by Gasteiger charge is -2.17. The summed E-state index contributed by atoms with van der Waals surface area (Å²) in [6.45, 7) is 0. The van der Waals surface area contributed by atoms with Crippen LogP contribution in [0.1, 0.15) is 10.4 Å². The maximum atomic E-state index is 11.5. The van der Waals surface area contributed by atoms with Crippen LogP contribution < -0.4 is 4.90 Å². The number of esters is 1. The van der Waals surface area contributed by atoms with Crippen molar-refractivity contribution in [1.82, 2.24) is 0 Å². The van der Waals surface area contributed by atoms with Gasteiger partial charge in [-0.05, 0) is 23.7 Å². The minimum absolute atomic E-state index is 0.184. The van der Waals surface area contributed by atoms with Crippen molar-refractivity contribution in [2.75, 3.05) is 19.1 Å². The summed E-state index contributed by atoms with van der Waals surface area (Å²) in [6.07, 6.45) is 0. The average molecular weight is 256 g/mol. The van der Waals surface area contributed by atoms with Crippen LogP contribution in [0.25, 0.3) is 0 Å². The Morgan fingerprint density at radius 2 is 1.82 bits per heavy atom. The topological polar surface area (TPSA) is 63.7 Å². The van der Waals surface area contributed by atoms with Crippen molar-refractivity contribution in [3.05, 3.63) is 29.8 Å². The van der Waals surface area contributed by atoms with E-state index in [0.717, 1.165) is 4.90 Å². The van der Waals surface area contributed by atoms with E-state index < -0.39 is 17.1 Å². The molecule has 5 nitrogen and oxygen atoms in total. The lowest BCUT2D eigenvalue weighted by Crippen LogP contribution is -2.31. The summed E-state index contributed by atoms with van der Waals surface area (Å²) < 4.78 is 4.57. The predicted octanol–water partition coefficient (Wildman–Crippen LogP) is 1.20. The lowest BCUT2D eigenvalue weighted by atomic mass is 10.1. The minimum atomic E-state index is -1.12. The third kappa shape index (κ3) is 2.82. The van der Waals surface area contributed by atoms with Gasteiger partial charge in [0.2, 0.25) is 0 Å². The summed E-state index contributed by atoms with van der Waals surface area (Å²) >= 11 is 5.09. The van der Waals surface area contributed by atoms with E-state index in [0.29, 0.717) is 0 Å². The molecule has 0 unspecified atom stereocenters. The number of anilines is 1. The average Bonchev–Trinajstić information content (AvgIpc) is 2.35. The molecule has 0 N–H and O–H groups in total. The zero-order valence-corrected chi connectivity index (χ0v) is 10.0. The van der Waals surface area contributed by atoms with Gasteiger partial charge in [-0.15, -0.1) is 0 Å². The smallest absolute Gasteiger partial charge is 0.339 e. The standard InChI is InChI=1S/C11H10ClNO4/c1-13(10(15)9(12)14)8-6-4-3-5-7(8)11(16)17-2/h3-6H,1-2H3. The SMILES string of the molecule is COC(=O)c1ccccc1N(C)C(=O)C(=O)Cl. The van der Waals surface area contributed by atoms with Crippen LogP contribution in [0.3, 0.4) is 0 Å². The Balaban J connectivity index is 3.18. The van der Waals surface area contributed by atoms with Crippen LogP contribution in [0.15, 0.2) is 24.3 Å². The van der Waals surface area contributed by atoms with Gasteiger partial charge >= 0.3 is 17.1 Å². The van der Waals surface area contributed by atoms with E-state index in [1.54, 1.807) is 12.1 Å². The third-order valence-corrected chi connectivity index (χ3v) is 2.31. The summed E-state index contributed by atoms with van der Waals surface area (Å²) in [6, 6.07) is 6.26. The summed E-state index contributed by atoms with van der Waals surface area (Å²) in [5, 5.41) is -1.12. The van der Waals surface area contributed by atoms with Gasteiger partial charge in [-0.2, -0.15) is 0 Å². The van der Waals surface area contributed by atoms with E-state index >= 15 is 0 Å². The van der Waals surface area contributed by atoms with Gasteiger partial charge in [-0.1, -0.05) is 12.1 Å². The first-order chi connectivity index (χ1) is 7.99. The number of methoxy groups -OCH3 is 1. The van der Waals surface area contributed by atoms with Crippen molar-refractivity contribution in [2.45, 2.75) is 0 Å². The van der Waals surface area contributed by atoms with Crippen LogP contribution in [0.5, 0.6) is 0 Å². The number of ether oxygens (including phenoxy) is 1. The van der Waals surface area contributed by atoms with Gasteiger partial charge in [0.25, 0.3) is 0 Å². The molecule has 0 fully saturated rings. The summed E-state index contributed by atoms with van der Waals surface area (Å²) in [5.74, 6) is -1.51. The molecule has 17 heavy (non-hydrogen) atoms. The number of likely N-dealkylation sites (N-methyl/N-ethyl adjacent to an activating group) is 1. The highest BCUT2D eigenvalue weighted by molar-refractivity contribution is 6.82. The molecule has 0 aliphatic carbocycles. The molecule has 0 radical (unpaired) electrons. The zero-order chi connectivity index (χ0) is 13.0. The van der Waals surface area contributed by atoms with Crippen LogP contribution in [-0.4, -0.2) is 31.3 Å². The molecule has 0 atom stereocenters. The number of rotatable bonds is 3. The second-order valence-corrected chi connectivity index (χ2v) is 3.49. The Labute approximate surface area is 103 Å². The molecule has 0 aliphatic heterocycles. The Hall–Kier alpha value is -1.88. The molecule has 0 aliphatic rings. The Kier molecular flexibility index (Phi) is 4.23. The van der Waals surface area contributed by atoms with E-state index in [2.05, 4.69) is 4.74 Å². The van der Waals surface area contributed by atoms with Gasteiger partial charge in [-0.25, -0.2) is 4.79 Å². The van der Waals surface area contributed by atoms with E-state index in [4.69, 9.17) is 11.6 Å². The highest BCUT2D eigenvalue weighted by Crippen LogP contribution is 2.20. The first-order valence-corrected chi connectivity index (χ1v) is 5.01. The van der Waals surface area contributed by atoms with Gasteiger partial charge in [0.1, 0.15) is 0 Å². The van der Waals surface area contributed by atoms with E-state index in [1.165, 1.54) is 26.3 Å². The maximum Gasteiger partial charge on any atom is 0.339 e. The Morgan fingerprint density at radius 3 is 2.35 bits per heavy atom. The van der Waals surface area contributed by atoms with Crippen LogP contribution in [0.4, 0.5) is 5.69 Å². The molecular weight excluding hydrogens is 246 g/mol. The third-order valence-electron chi connectivity index (χ3n) is 2.14. The van der Waals surface area contributed by atoms with Crippen LogP contribution >= 0.6 is 11.6 Å². The zero-order valence-electron chi connectivity index (χ0n) is 9.27. The lowest BCUT2D eigenvalue weighted by molar-refractivity contribution is -0.131. The number of amides is 1. The molecular formula is C11H10ClNO4. The molecule has 1 rings (SSSR count). The molecule has 0 saturated carbocycles. The van der Waals surface area contributed by atoms with Crippen molar-refractivity contribution in [3.63, 3.8) is 0 Å². The number of para-hydroxylation sites is 1. The molecule has 0 saturated heterocycles. The predicted molar refractivity (Wildman–Crippen MR) is 62.1 cm³/mol. The molecule has 1 aromatic rings. The number of hydrogen-bond donors (Lipinski definition) is 0. The number of hydrogen-bond acceptors (Lipinski definition) is 4. The van der Waals surface area contributed by atoms with E-state index in [-0.39, 0.29) is 11.3 Å². The molecule has 0 spiro atoms. The van der Waals surface area contributed by atoms with E-state index in [1.807, 2.05) is 0 Å². The Morgan fingerprint density at radius 1 is 1.24 bits per heavy atom. The number of nitrogens with zero attached hydrogens (tertiary/aromatic N) is 1. The summed E-state index contributed by atoms with van der Waals surface area (Å²) in [4.78, 5) is 34.6. The number of benzene rings is 1. The first kappa shape index (κ1) is 13.2. The summed E-state index contributed by atoms with van der Waals surface area (Å²) in [7, 11) is 2.58. The highest BCUT2D eigenvalue weighted by Gasteiger charge is 2.22. The highest BCUT2D eigenvalue weighted by atomic mass is 35.5. The Bertz CT molecular complexity index is 472. The summed E-state index contributed by atoms with van der Waals surface area (Å²) in [5.41, 5.74) is 0.446. The van der Waals surface area contributed by atoms with Crippen LogP contribution in [0.2, 0.25) is 0 Å². The molecule has 0 aromatic heterocycles. The molecule has 0 heterocycles.